The third-order valence-electron chi connectivity index (χ3n) is 3.69. The first-order valence-corrected chi connectivity index (χ1v) is 6.59. The molecule has 0 radical (unpaired) electrons. The molecular weight excluding hydrogens is 325 g/mol. The molecule has 0 aromatic rings. The van der Waals surface area contributed by atoms with E-state index >= 15 is 0 Å². The van der Waals surface area contributed by atoms with E-state index in [9.17, 15) is 0 Å². The highest BCUT2D eigenvalue weighted by molar-refractivity contribution is 14.0. The lowest BCUT2D eigenvalue weighted by Gasteiger charge is -2.29. The van der Waals surface area contributed by atoms with Crippen LogP contribution in [0.25, 0.3) is 0 Å². The number of aliphatic imine (C=N–C) groups is 1. The molecule has 1 aliphatic rings. The number of hydrogen-bond donors (Lipinski definition) is 2. The fourth-order valence-corrected chi connectivity index (χ4v) is 2.52. The summed E-state index contributed by atoms with van der Waals surface area (Å²) in [5.41, 5.74) is 0.522. The molecule has 4 heteroatoms. The average molecular weight is 353 g/mol. The van der Waals surface area contributed by atoms with Crippen LogP contribution in [0.5, 0.6) is 0 Å². The van der Waals surface area contributed by atoms with Crippen molar-refractivity contribution in [3.8, 4) is 0 Å². The van der Waals surface area contributed by atoms with Gasteiger partial charge in [0.15, 0.2) is 5.96 Å². The molecule has 1 saturated carbocycles. The number of rotatable bonds is 4. The normalized spacial score (nSPS) is 19.0. The standard InChI is InChI=1S/C13H27N3.HI/c1-5-13(8-6-7-9-13)10-15-12(14-4)16-11(2)3;/h11H,5-10H2,1-4H3,(H2,14,15,16);1H. The number of nitrogens with zero attached hydrogens (tertiary/aromatic N) is 1. The first-order valence-electron chi connectivity index (χ1n) is 6.59. The Bertz CT molecular complexity index is 233. The first kappa shape index (κ1) is 17.0. The molecular formula is C13H28IN3. The van der Waals surface area contributed by atoms with Gasteiger partial charge in [0.05, 0.1) is 0 Å². The predicted molar refractivity (Wildman–Crippen MR) is 86.2 cm³/mol. The molecule has 0 aromatic carbocycles. The van der Waals surface area contributed by atoms with Crippen LogP contribution in [0.4, 0.5) is 0 Å². The zero-order valence-corrected chi connectivity index (χ0v) is 14.0. The maximum Gasteiger partial charge on any atom is 0.191 e. The van der Waals surface area contributed by atoms with Crippen molar-refractivity contribution in [2.75, 3.05) is 13.6 Å². The fourth-order valence-electron chi connectivity index (χ4n) is 2.52. The number of halogens is 1. The van der Waals surface area contributed by atoms with Crippen molar-refractivity contribution in [3.05, 3.63) is 0 Å². The second kappa shape index (κ2) is 8.16. The van der Waals surface area contributed by atoms with Gasteiger partial charge in [-0.15, -0.1) is 24.0 Å². The van der Waals surface area contributed by atoms with Crippen LogP contribution in [0.15, 0.2) is 4.99 Å². The minimum atomic E-state index is 0. The second-order valence-corrected chi connectivity index (χ2v) is 5.29. The Morgan fingerprint density at radius 2 is 1.88 bits per heavy atom. The van der Waals surface area contributed by atoms with Gasteiger partial charge in [0.1, 0.15) is 0 Å². The molecule has 0 aromatic heterocycles. The van der Waals surface area contributed by atoms with E-state index in [1.54, 1.807) is 0 Å². The number of nitrogens with one attached hydrogen (secondary N) is 2. The summed E-state index contributed by atoms with van der Waals surface area (Å²) in [4.78, 5) is 4.25. The first-order chi connectivity index (χ1) is 7.62. The molecule has 0 atom stereocenters. The summed E-state index contributed by atoms with van der Waals surface area (Å²) in [6, 6.07) is 0.437. The fraction of sp³-hybridized carbons (Fsp3) is 0.923. The van der Waals surface area contributed by atoms with E-state index in [0.717, 1.165) is 12.5 Å². The Labute approximate surface area is 123 Å². The van der Waals surface area contributed by atoms with Crippen LogP contribution in [0.2, 0.25) is 0 Å². The van der Waals surface area contributed by atoms with Crippen LogP contribution in [-0.2, 0) is 0 Å². The number of hydrogen-bond acceptors (Lipinski definition) is 1. The quantitative estimate of drug-likeness (QED) is 0.463. The smallest absolute Gasteiger partial charge is 0.191 e. The lowest BCUT2D eigenvalue weighted by Crippen LogP contribution is -2.45. The van der Waals surface area contributed by atoms with Crippen LogP contribution in [0.1, 0.15) is 52.9 Å². The average Bonchev–Trinajstić information content (AvgIpc) is 2.73. The van der Waals surface area contributed by atoms with Gasteiger partial charge in [-0.25, -0.2) is 0 Å². The van der Waals surface area contributed by atoms with Crippen molar-refractivity contribution in [1.82, 2.24) is 10.6 Å². The minimum Gasteiger partial charge on any atom is -0.356 e. The van der Waals surface area contributed by atoms with E-state index in [1.165, 1.54) is 32.1 Å². The van der Waals surface area contributed by atoms with E-state index in [4.69, 9.17) is 0 Å². The Hall–Kier alpha value is 0. The molecule has 0 unspecified atom stereocenters. The zero-order valence-electron chi connectivity index (χ0n) is 11.7. The molecule has 0 aliphatic heterocycles. The van der Waals surface area contributed by atoms with E-state index < -0.39 is 0 Å². The van der Waals surface area contributed by atoms with Crippen LogP contribution < -0.4 is 10.6 Å². The molecule has 3 nitrogen and oxygen atoms in total. The Kier molecular flexibility index (Phi) is 8.16. The Balaban J connectivity index is 0.00000256. The van der Waals surface area contributed by atoms with Gasteiger partial charge in [-0.1, -0.05) is 19.8 Å². The van der Waals surface area contributed by atoms with Crippen LogP contribution in [0, 0.1) is 5.41 Å². The van der Waals surface area contributed by atoms with Gasteiger partial charge < -0.3 is 10.6 Å². The lowest BCUT2D eigenvalue weighted by molar-refractivity contribution is 0.283. The molecule has 2 N–H and O–H groups in total. The lowest BCUT2D eigenvalue weighted by atomic mass is 9.83. The maximum absolute atomic E-state index is 4.25. The Morgan fingerprint density at radius 3 is 2.29 bits per heavy atom. The molecule has 1 aliphatic carbocycles. The molecule has 1 rings (SSSR count). The third kappa shape index (κ3) is 5.44. The highest BCUT2D eigenvalue weighted by Crippen LogP contribution is 2.40. The summed E-state index contributed by atoms with van der Waals surface area (Å²) in [5.74, 6) is 0.940. The van der Waals surface area contributed by atoms with Gasteiger partial charge in [-0.3, -0.25) is 4.99 Å². The van der Waals surface area contributed by atoms with Gasteiger partial charge in [0, 0.05) is 19.6 Å². The van der Waals surface area contributed by atoms with Gasteiger partial charge in [0.2, 0.25) is 0 Å². The maximum atomic E-state index is 4.25. The Morgan fingerprint density at radius 1 is 1.29 bits per heavy atom. The summed E-state index contributed by atoms with van der Waals surface area (Å²) in [6.07, 6.45) is 6.81. The van der Waals surface area contributed by atoms with Crippen LogP contribution in [-0.4, -0.2) is 25.6 Å². The molecule has 0 bridgehead atoms. The summed E-state index contributed by atoms with van der Waals surface area (Å²) in [5, 5.41) is 6.81. The van der Waals surface area contributed by atoms with Gasteiger partial charge >= 0.3 is 0 Å². The van der Waals surface area contributed by atoms with Gasteiger partial charge in [-0.05, 0) is 38.5 Å². The molecule has 102 valence electrons. The van der Waals surface area contributed by atoms with Crippen molar-refractivity contribution in [1.29, 1.82) is 0 Å². The monoisotopic (exact) mass is 353 g/mol. The van der Waals surface area contributed by atoms with Crippen molar-refractivity contribution < 1.29 is 0 Å². The van der Waals surface area contributed by atoms with E-state index in [1.807, 2.05) is 7.05 Å². The highest BCUT2D eigenvalue weighted by Gasteiger charge is 2.31. The van der Waals surface area contributed by atoms with E-state index in [0.29, 0.717) is 11.5 Å². The highest BCUT2D eigenvalue weighted by atomic mass is 127. The van der Waals surface area contributed by atoms with Crippen molar-refractivity contribution >= 4 is 29.9 Å². The summed E-state index contributed by atoms with van der Waals surface area (Å²) in [7, 11) is 1.84. The second-order valence-electron chi connectivity index (χ2n) is 5.29. The summed E-state index contributed by atoms with van der Waals surface area (Å²) >= 11 is 0. The SMILES string of the molecule is CCC1(CNC(=NC)NC(C)C)CCCC1.I. The zero-order chi connectivity index (χ0) is 12.0. The topological polar surface area (TPSA) is 36.4 Å². The summed E-state index contributed by atoms with van der Waals surface area (Å²) in [6.45, 7) is 7.65. The minimum absolute atomic E-state index is 0. The summed E-state index contributed by atoms with van der Waals surface area (Å²) < 4.78 is 0. The van der Waals surface area contributed by atoms with E-state index in [2.05, 4.69) is 36.4 Å². The van der Waals surface area contributed by atoms with Crippen LogP contribution in [0.3, 0.4) is 0 Å². The molecule has 0 heterocycles. The number of guanidine groups is 1. The molecule has 17 heavy (non-hydrogen) atoms. The van der Waals surface area contributed by atoms with Gasteiger partial charge in [0.25, 0.3) is 0 Å². The van der Waals surface area contributed by atoms with Gasteiger partial charge in [-0.2, -0.15) is 0 Å². The molecule has 0 saturated heterocycles. The predicted octanol–water partition coefficient (Wildman–Crippen LogP) is 3.15. The van der Waals surface area contributed by atoms with Crippen molar-refractivity contribution in [3.63, 3.8) is 0 Å². The molecule has 0 amide bonds. The molecule has 1 fully saturated rings. The third-order valence-corrected chi connectivity index (χ3v) is 3.69. The van der Waals surface area contributed by atoms with Crippen molar-refractivity contribution in [2.24, 2.45) is 10.4 Å². The van der Waals surface area contributed by atoms with E-state index in [-0.39, 0.29) is 24.0 Å². The van der Waals surface area contributed by atoms with Crippen molar-refractivity contribution in [2.45, 2.75) is 58.9 Å². The molecule has 0 spiro atoms. The largest absolute Gasteiger partial charge is 0.356 e. The van der Waals surface area contributed by atoms with Crippen LogP contribution >= 0.6 is 24.0 Å².